The highest BCUT2D eigenvalue weighted by Gasteiger charge is 2.09. The molecule has 0 amide bonds. The zero-order chi connectivity index (χ0) is 14.1. The van der Waals surface area contributed by atoms with Crippen molar-refractivity contribution in [2.24, 2.45) is 0 Å². The number of benzene rings is 1. The van der Waals surface area contributed by atoms with Gasteiger partial charge in [-0.05, 0) is 12.5 Å². The highest BCUT2D eigenvalue weighted by molar-refractivity contribution is 8.00. The maximum absolute atomic E-state index is 11.3. The van der Waals surface area contributed by atoms with Gasteiger partial charge in [-0.1, -0.05) is 41.6 Å². The Hall–Kier alpha value is -1.79. The lowest BCUT2D eigenvalue weighted by Gasteiger charge is -1.99. The predicted molar refractivity (Wildman–Crippen MR) is 82.6 cm³/mol. The topological polar surface area (TPSA) is 66.0 Å². The first-order valence-corrected chi connectivity index (χ1v) is 7.83. The van der Waals surface area contributed by atoms with Crippen molar-refractivity contribution in [2.75, 3.05) is 0 Å². The Balaban J connectivity index is 1.83. The van der Waals surface area contributed by atoms with Crippen LogP contribution in [0.2, 0.25) is 0 Å². The third kappa shape index (κ3) is 2.71. The Labute approximate surface area is 123 Å². The Kier molecular flexibility index (Phi) is 3.50. The van der Waals surface area contributed by atoms with Crippen LogP contribution in [0.1, 0.15) is 11.1 Å². The highest BCUT2D eigenvalue weighted by Crippen LogP contribution is 2.34. The third-order valence-corrected chi connectivity index (χ3v) is 5.12. The van der Waals surface area contributed by atoms with E-state index < -0.39 is 0 Å². The fourth-order valence-corrected chi connectivity index (χ4v) is 3.76. The van der Waals surface area contributed by atoms with Crippen LogP contribution in [-0.4, -0.2) is 15.1 Å². The monoisotopic (exact) mass is 304 g/mol. The maximum atomic E-state index is 11.3. The fraction of sp³-hybridized carbons (Fsp3) is 0.143. The highest BCUT2D eigenvalue weighted by atomic mass is 32.2. The molecule has 0 aliphatic carbocycles. The van der Waals surface area contributed by atoms with E-state index in [2.05, 4.69) is 41.2 Å². The summed E-state index contributed by atoms with van der Waals surface area (Å²) in [5.41, 5.74) is 2.57. The second kappa shape index (κ2) is 5.30. The van der Waals surface area contributed by atoms with Crippen LogP contribution in [0.4, 0.5) is 0 Å². The molecule has 0 fully saturated rings. The molecule has 0 saturated carbocycles. The quantitative estimate of drug-likeness (QED) is 0.729. The normalized spacial score (nSPS) is 11.1. The number of pyridine rings is 1. The molecule has 0 aliphatic rings. The number of H-pyrrole nitrogens is 1. The second-order valence-corrected chi connectivity index (χ2v) is 6.67. The van der Waals surface area contributed by atoms with Crippen LogP contribution in [0, 0.1) is 6.92 Å². The zero-order valence-electron chi connectivity index (χ0n) is 10.7. The van der Waals surface area contributed by atoms with Crippen LogP contribution < -0.4 is 5.56 Å². The van der Waals surface area contributed by atoms with Gasteiger partial charge in [0.05, 0.1) is 0 Å². The number of nitrogens with one attached hydrogen (secondary N) is 1. The van der Waals surface area contributed by atoms with Crippen molar-refractivity contribution in [1.82, 2.24) is 9.97 Å². The second-order valence-electron chi connectivity index (χ2n) is 4.45. The minimum atomic E-state index is -0.338. The van der Waals surface area contributed by atoms with E-state index in [1.807, 2.05) is 0 Å². The van der Waals surface area contributed by atoms with Crippen LogP contribution in [0.3, 0.4) is 0 Å². The molecule has 2 N–H and O–H groups in total. The first-order valence-electron chi connectivity index (χ1n) is 6.03. The standard InChI is InChI=1S/C14H12N2O2S2/c1-8-2-4-9(5-3-8)7-19-14-16-13-12(20-14)10(17)6-11(18)15-13/h2-6H,7H2,1H3,(H2,15,17,18). The molecule has 3 rings (SSSR count). The molecule has 0 bridgehead atoms. The number of fused-ring (bicyclic) bond motifs is 1. The Bertz CT molecular complexity index is 806. The van der Waals surface area contributed by atoms with Gasteiger partial charge < -0.3 is 10.1 Å². The number of nitrogens with zero attached hydrogens (tertiary/aromatic N) is 1. The number of aromatic nitrogens is 2. The van der Waals surface area contributed by atoms with E-state index >= 15 is 0 Å². The summed E-state index contributed by atoms with van der Waals surface area (Å²) < 4.78 is 1.45. The van der Waals surface area contributed by atoms with Gasteiger partial charge >= 0.3 is 0 Å². The SMILES string of the molecule is Cc1ccc(CSc2nc3[nH]c(=O)cc(O)c3s2)cc1. The summed E-state index contributed by atoms with van der Waals surface area (Å²) in [5, 5.41) is 9.72. The van der Waals surface area contributed by atoms with Crippen molar-refractivity contribution < 1.29 is 5.11 Å². The summed E-state index contributed by atoms with van der Waals surface area (Å²) >= 11 is 2.98. The van der Waals surface area contributed by atoms with Crippen molar-refractivity contribution in [3.05, 3.63) is 51.8 Å². The lowest BCUT2D eigenvalue weighted by Crippen LogP contribution is -2.02. The molecule has 0 unspecified atom stereocenters. The van der Waals surface area contributed by atoms with Crippen LogP contribution in [0.5, 0.6) is 5.75 Å². The number of aryl methyl sites for hydroxylation is 1. The summed E-state index contributed by atoms with van der Waals surface area (Å²) in [6, 6.07) is 9.52. The molecule has 20 heavy (non-hydrogen) atoms. The lowest BCUT2D eigenvalue weighted by atomic mass is 10.2. The molecule has 0 spiro atoms. The molecular weight excluding hydrogens is 292 g/mol. The van der Waals surface area contributed by atoms with Crippen molar-refractivity contribution in [3.63, 3.8) is 0 Å². The van der Waals surface area contributed by atoms with Gasteiger partial charge in [0.2, 0.25) is 0 Å². The minimum Gasteiger partial charge on any atom is -0.506 e. The molecule has 0 radical (unpaired) electrons. The summed E-state index contributed by atoms with van der Waals surface area (Å²) in [5.74, 6) is 0.800. The lowest BCUT2D eigenvalue weighted by molar-refractivity contribution is 0.481. The zero-order valence-corrected chi connectivity index (χ0v) is 12.3. The molecule has 102 valence electrons. The number of aromatic hydroxyl groups is 1. The molecule has 0 saturated heterocycles. The van der Waals surface area contributed by atoms with Crippen molar-refractivity contribution in [3.8, 4) is 5.75 Å². The molecule has 6 heteroatoms. The Morgan fingerprint density at radius 3 is 2.85 bits per heavy atom. The number of thiazole rings is 1. The van der Waals surface area contributed by atoms with E-state index in [0.717, 1.165) is 10.1 Å². The molecule has 3 aromatic rings. The van der Waals surface area contributed by atoms with Gasteiger partial charge in [-0.2, -0.15) is 0 Å². The Morgan fingerprint density at radius 1 is 1.35 bits per heavy atom. The summed E-state index contributed by atoms with van der Waals surface area (Å²) in [4.78, 5) is 18.2. The summed E-state index contributed by atoms with van der Waals surface area (Å²) in [6.45, 7) is 2.06. The molecule has 0 aliphatic heterocycles. The maximum Gasteiger partial charge on any atom is 0.253 e. The fourth-order valence-electron chi connectivity index (χ4n) is 1.79. The number of rotatable bonds is 3. The van der Waals surface area contributed by atoms with Crippen LogP contribution in [0.15, 0.2) is 39.5 Å². The average Bonchev–Trinajstić information content (AvgIpc) is 2.81. The van der Waals surface area contributed by atoms with Gasteiger partial charge in [0, 0.05) is 11.8 Å². The van der Waals surface area contributed by atoms with E-state index in [0.29, 0.717) is 10.3 Å². The van der Waals surface area contributed by atoms with Crippen LogP contribution in [0.25, 0.3) is 10.3 Å². The first kappa shape index (κ1) is 13.2. The third-order valence-electron chi connectivity index (χ3n) is 2.83. The number of hydrogen-bond donors (Lipinski definition) is 2. The average molecular weight is 304 g/mol. The van der Waals surface area contributed by atoms with E-state index in [9.17, 15) is 9.90 Å². The molecule has 0 atom stereocenters. The smallest absolute Gasteiger partial charge is 0.253 e. The van der Waals surface area contributed by atoms with Gasteiger partial charge in [-0.15, -0.1) is 11.3 Å². The minimum absolute atomic E-state index is 0.0107. The Morgan fingerprint density at radius 2 is 2.10 bits per heavy atom. The predicted octanol–water partition coefficient (Wildman–Crippen LogP) is 3.29. The summed E-state index contributed by atoms with van der Waals surface area (Å²) in [7, 11) is 0. The molecule has 1 aromatic carbocycles. The van der Waals surface area contributed by atoms with Gasteiger partial charge in [0.25, 0.3) is 5.56 Å². The van der Waals surface area contributed by atoms with E-state index in [4.69, 9.17) is 0 Å². The van der Waals surface area contributed by atoms with Gasteiger partial charge in [-0.25, -0.2) is 4.98 Å². The molecule has 4 nitrogen and oxygen atoms in total. The van der Waals surface area contributed by atoms with Crippen LogP contribution >= 0.6 is 23.1 Å². The first-order chi connectivity index (χ1) is 9.61. The number of thioether (sulfide) groups is 1. The number of aromatic amines is 1. The van der Waals surface area contributed by atoms with Crippen molar-refractivity contribution in [1.29, 1.82) is 0 Å². The largest absolute Gasteiger partial charge is 0.506 e. The van der Waals surface area contributed by atoms with Crippen LogP contribution in [-0.2, 0) is 5.75 Å². The van der Waals surface area contributed by atoms with Gasteiger partial charge in [-0.3, -0.25) is 4.79 Å². The van der Waals surface area contributed by atoms with Gasteiger partial charge in [0.15, 0.2) is 9.99 Å². The van der Waals surface area contributed by atoms with Gasteiger partial charge in [0.1, 0.15) is 10.4 Å². The summed E-state index contributed by atoms with van der Waals surface area (Å²) in [6.07, 6.45) is 0. The van der Waals surface area contributed by atoms with E-state index in [-0.39, 0.29) is 11.3 Å². The van der Waals surface area contributed by atoms with Crippen molar-refractivity contribution in [2.45, 2.75) is 17.0 Å². The van der Waals surface area contributed by atoms with E-state index in [1.165, 1.54) is 28.5 Å². The van der Waals surface area contributed by atoms with Crippen molar-refractivity contribution >= 4 is 33.4 Å². The number of hydrogen-bond acceptors (Lipinski definition) is 5. The molecule has 2 aromatic heterocycles. The molecular formula is C14H12N2O2S2. The molecule has 2 heterocycles. The van der Waals surface area contributed by atoms with E-state index in [1.54, 1.807) is 11.8 Å².